The molecule has 2 aromatic carbocycles. The molecule has 0 aliphatic heterocycles. The van der Waals surface area contributed by atoms with Crippen LogP contribution in [0, 0.1) is 0 Å². The van der Waals surface area contributed by atoms with Gasteiger partial charge in [0.15, 0.2) is 0 Å². The minimum Gasteiger partial charge on any atom is -0.469 e. The van der Waals surface area contributed by atoms with Crippen LogP contribution in [0.5, 0.6) is 0 Å². The Kier molecular flexibility index (Phi) is 3.73. The second-order valence-electron chi connectivity index (χ2n) is 5.08. The summed E-state index contributed by atoms with van der Waals surface area (Å²) in [6.07, 6.45) is 2.41. The summed E-state index contributed by atoms with van der Waals surface area (Å²) >= 11 is 0. The Morgan fingerprint density at radius 2 is 1.86 bits per heavy atom. The number of benzene rings is 2. The highest BCUT2D eigenvalue weighted by atomic mass is 16.5. The molecule has 106 valence electrons. The summed E-state index contributed by atoms with van der Waals surface area (Å²) in [5.41, 5.74) is 3.38. The molecule has 3 nitrogen and oxygen atoms in total. The molecule has 3 heteroatoms. The number of para-hydroxylation sites is 1. The number of fused-ring (bicyclic) bond motifs is 1. The van der Waals surface area contributed by atoms with Crippen LogP contribution in [0.25, 0.3) is 10.9 Å². The lowest BCUT2D eigenvalue weighted by Crippen LogP contribution is -2.05. The molecule has 0 unspecified atom stereocenters. The summed E-state index contributed by atoms with van der Waals surface area (Å²) in [4.78, 5) is 11.4. The van der Waals surface area contributed by atoms with Gasteiger partial charge in [-0.2, -0.15) is 0 Å². The lowest BCUT2D eigenvalue weighted by molar-refractivity contribution is -0.139. The van der Waals surface area contributed by atoms with Gasteiger partial charge in [-0.1, -0.05) is 42.5 Å². The van der Waals surface area contributed by atoms with Crippen LogP contribution < -0.4 is 0 Å². The molecule has 1 heterocycles. The maximum absolute atomic E-state index is 11.4. The molecule has 3 rings (SSSR count). The number of carbonyl (C=O) groups excluding carboxylic acids is 1. The highest BCUT2D eigenvalue weighted by Gasteiger charge is 2.05. The zero-order chi connectivity index (χ0) is 14.7. The van der Waals surface area contributed by atoms with E-state index in [1.807, 2.05) is 24.3 Å². The topological polar surface area (TPSA) is 31.2 Å². The zero-order valence-electron chi connectivity index (χ0n) is 12.0. The van der Waals surface area contributed by atoms with E-state index >= 15 is 0 Å². The largest absolute Gasteiger partial charge is 0.469 e. The Morgan fingerprint density at radius 3 is 2.71 bits per heavy atom. The van der Waals surface area contributed by atoms with Crippen LogP contribution in [-0.4, -0.2) is 17.6 Å². The van der Waals surface area contributed by atoms with Crippen LogP contribution in [0.2, 0.25) is 0 Å². The SMILES string of the molecule is COC(=O)Cc1cccc(Cn2ccc3ccccc32)c1. The van der Waals surface area contributed by atoms with Gasteiger partial charge >= 0.3 is 5.97 Å². The Morgan fingerprint density at radius 1 is 1.05 bits per heavy atom. The molecule has 0 fully saturated rings. The highest BCUT2D eigenvalue weighted by Crippen LogP contribution is 2.17. The second-order valence-corrected chi connectivity index (χ2v) is 5.08. The molecule has 0 bridgehead atoms. The summed E-state index contributed by atoms with van der Waals surface area (Å²) < 4.78 is 6.93. The molecule has 21 heavy (non-hydrogen) atoms. The third-order valence-electron chi connectivity index (χ3n) is 3.60. The Hall–Kier alpha value is -2.55. The highest BCUT2D eigenvalue weighted by molar-refractivity contribution is 5.80. The number of aromatic nitrogens is 1. The normalized spacial score (nSPS) is 10.7. The first-order chi connectivity index (χ1) is 10.3. The van der Waals surface area contributed by atoms with Gasteiger partial charge in [0.2, 0.25) is 0 Å². The number of nitrogens with zero attached hydrogens (tertiary/aromatic N) is 1. The Bertz CT molecular complexity index is 773. The molecule has 0 N–H and O–H groups in total. The van der Waals surface area contributed by atoms with E-state index in [-0.39, 0.29) is 5.97 Å². The number of rotatable bonds is 4. The molecular weight excluding hydrogens is 262 g/mol. The van der Waals surface area contributed by atoms with Crippen LogP contribution >= 0.6 is 0 Å². The standard InChI is InChI=1S/C18H17NO2/c1-21-18(20)12-14-5-4-6-15(11-14)13-19-10-9-16-7-2-3-8-17(16)19/h2-11H,12-13H2,1H3. The minimum absolute atomic E-state index is 0.210. The molecule has 3 aromatic rings. The van der Waals surface area contributed by atoms with Gasteiger partial charge in [-0.25, -0.2) is 0 Å². The zero-order valence-corrected chi connectivity index (χ0v) is 12.0. The van der Waals surface area contributed by atoms with Crippen LogP contribution in [0.1, 0.15) is 11.1 Å². The molecule has 0 spiro atoms. The van der Waals surface area contributed by atoms with Crippen molar-refractivity contribution >= 4 is 16.9 Å². The summed E-state index contributed by atoms with van der Waals surface area (Å²) in [6.45, 7) is 0.794. The first-order valence-corrected chi connectivity index (χ1v) is 6.95. The van der Waals surface area contributed by atoms with Crippen LogP contribution in [0.15, 0.2) is 60.8 Å². The monoisotopic (exact) mass is 279 g/mol. The quantitative estimate of drug-likeness (QED) is 0.685. The molecule has 0 saturated heterocycles. The number of esters is 1. The second kappa shape index (κ2) is 5.83. The fourth-order valence-electron chi connectivity index (χ4n) is 2.55. The van der Waals surface area contributed by atoms with E-state index in [4.69, 9.17) is 4.74 Å². The van der Waals surface area contributed by atoms with Gasteiger partial charge in [0.05, 0.1) is 13.5 Å². The average molecular weight is 279 g/mol. The van der Waals surface area contributed by atoms with Crippen molar-refractivity contribution in [2.45, 2.75) is 13.0 Å². The van der Waals surface area contributed by atoms with E-state index in [9.17, 15) is 4.79 Å². The minimum atomic E-state index is -0.210. The van der Waals surface area contributed by atoms with E-state index in [1.54, 1.807) is 0 Å². The van der Waals surface area contributed by atoms with Crippen molar-refractivity contribution in [1.29, 1.82) is 0 Å². The van der Waals surface area contributed by atoms with Gasteiger partial charge < -0.3 is 9.30 Å². The fourth-order valence-corrected chi connectivity index (χ4v) is 2.55. The van der Waals surface area contributed by atoms with E-state index < -0.39 is 0 Å². The maximum Gasteiger partial charge on any atom is 0.309 e. The molecule has 1 aromatic heterocycles. The van der Waals surface area contributed by atoms with Crippen LogP contribution in [0.3, 0.4) is 0 Å². The number of carbonyl (C=O) groups is 1. The average Bonchev–Trinajstić information content (AvgIpc) is 2.91. The number of hydrogen-bond donors (Lipinski definition) is 0. The summed E-state index contributed by atoms with van der Waals surface area (Å²) in [7, 11) is 1.41. The number of hydrogen-bond acceptors (Lipinski definition) is 2. The molecular formula is C18H17NO2. The van der Waals surface area contributed by atoms with Gasteiger partial charge in [-0.05, 0) is 28.6 Å². The van der Waals surface area contributed by atoms with E-state index in [1.165, 1.54) is 23.6 Å². The van der Waals surface area contributed by atoms with E-state index in [2.05, 4.69) is 41.1 Å². The number of ether oxygens (including phenoxy) is 1. The summed E-state index contributed by atoms with van der Waals surface area (Å²) in [5, 5.41) is 1.24. The van der Waals surface area contributed by atoms with Crippen molar-refractivity contribution in [3.63, 3.8) is 0 Å². The predicted octanol–water partition coefficient (Wildman–Crippen LogP) is 3.41. The first kappa shape index (κ1) is 13.4. The van der Waals surface area contributed by atoms with E-state index in [0.29, 0.717) is 6.42 Å². The van der Waals surface area contributed by atoms with Gasteiger partial charge in [-0.3, -0.25) is 4.79 Å². The molecule has 0 aliphatic carbocycles. The first-order valence-electron chi connectivity index (χ1n) is 6.95. The lowest BCUT2D eigenvalue weighted by atomic mass is 10.1. The van der Waals surface area contributed by atoms with Crippen molar-refractivity contribution in [2.24, 2.45) is 0 Å². The molecule has 0 saturated carbocycles. The van der Waals surface area contributed by atoms with Crippen molar-refractivity contribution < 1.29 is 9.53 Å². The maximum atomic E-state index is 11.4. The molecule has 0 radical (unpaired) electrons. The van der Waals surface area contributed by atoms with Crippen LogP contribution in [0.4, 0.5) is 0 Å². The fraction of sp³-hybridized carbons (Fsp3) is 0.167. The third kappa shape index (κ3) is 2.97. The predicted molar refractivity (Wildman–Crippen MR) is 83.2 cm³/mol. The van der Waals surface area contributed by atoms with Gasteiger partial charge in [0, 0.05) is 18.3 Å². The Labute approximate surface area is 123 Å². The van der Waals surface area contributed by atoms with Gasteiger partial charge in [0.1, 0.15) is 0 Å². The van der Waals surface area contributed by atoms with Crippen molar-refractivity contribution in [2.75, 3.05) is 7.11 Å². The third-order valence-corrected chi connectivity index (χ3v) is 3.60. The summed E-state index contributed by atoms with van der Waals surface area (Å²) in [6, 6.07) is 18.5. The molecule has 0 atom stereocenters. The molecule has 0 amide bonds. The van der Waals surface area contributed by atoms with Gasteiger partial charge in [-0.15, -0.1) is 0 Å². The Balaban J connectivity index is 1.84. The number of methoxy groups -OCH3 is 1. The molecule has 0 aliphatic rings. The smallest absolute Gasteiger partial charge is 0.309 e. The van der Waals surface area contributed by atoms with Crippen LogP contribution in [-0.2, 0) is 22.5 Å². The van der Waals surface area contributed by atoms with E-state index in [0.717, 1.165) is 12.1 Å². The van der Waals surface area contributed by atoms with Crippen molar-refractivity contribution in [3.8, 4) is 0 Å². The van der Waals surface area contributed by atoms with Gasteiger partial charge in [0.25, 0.3) is 0 Å². The van der Waals surface area contributed by atoms with Crippen molar-refractivity contribution in [1.82, 2.24) is 4.57 Å². The van der Waals surface area contributed by atoms with Crippen molar-refractivity contribution in [3.05, 3.63) is 71.9 Å². The summed E-state index contributed by atoms with van der Waals surface area (Å²) in [5.74, 6) is -0.210. The lowest BCUT2D eigenvalue weighted by Gasteiger charge is -2.07.